The first-order valence-electron chi connectivity index (χ1n) is 3.47. The summed E-state index contributed by atoms with van der Waals surface area (Å²) in [5.74, 6) is 5.81. The second kappa shape index (κ2) is 4.05. The molecule has 0 N–H and O–H groups in total. The Morgan fingerprint density at radius 2 is 2.09 bits per heavy atom. The molecule has 11 heavy (non-hydrogen) atoms. The van der Waals surface area contributed by atoms with E-state index < -0.39 is 0 Å². The lowest BCUT2D eigenvalue weighted by molar-refractivity contribution is 1.32. The van der Waals surface area contributed by atoms with Gasteiger partial charge < -0.3 is 0 Å². The normalized spacial score (nSPS) is 8.55. The maximum absolute atomic E-state index is 5.89. The van der Waals surface area contributed by atoms with Gasteiger partial charge >= 0.3 is 0 Å². The van der Waals surface area contributed by atoms with Gasteiger partial charge in [0.05, 0.1) is 0 Å². The lowest BCUT2D eigenvalue weighted by Gasteiger charge is -1.96. The van der Waals surface area contributed by atoms with Crippen LogP contribution in [0.5, 0.6) is 0 Å². The molecule has 1 aromatic rings. The minimum atomic E-state index is 0.746. The van der Waals surface area contributed by atoms with Gasteiger partial charge in [0, 0.05) is 11.4 Å². The predicted octanol–water partition coefficient (Wildman–Crippen LogP) is 2.91. The highest BCUT2D eigenvalue weighted by Gasteiger charge is 1.93. The zero-order valence-corrected chi connectivity index (χ0v) is 7.15. The number of hydrogen-bond acceptors (Lipinski definition) is 0. The highest BCUT2D eigenvalue weighted by Crippen LogP contribution is 2.14. The van der Waals surface area contributed by atoms with Crippen LogP contribution in [0.4, 0.5) is 0 Å². The Bertz CT molecular complexity index is 291. The Hall–Kier alpha value is -0.930. The molecule has 0 radical (unpaired) electrons. The van der Waals surface area contributed by atoms with Crippen LogP contribution in [-0.4, -0.2) is 0 Å². The average molecular weight is 165 g/mol. The van der Waals surface area contributed by atoms with Crippen molar-refractivity contribution in [3.8, 4) is 11.8 Å². The molecule has 0 atom stereocenters. The minimum absolute atomic E-state index is 0.746. The van der Waals surface area contributed by atoms with Crippen LogP contribution in [0.25, 0.3) is 0 Å². The fourth-order valence-electron chi connectivity index (χ4n) is 0.825. The molecule has 0 spiro atoms. The quantitative estimate of drug-likeness (QED) is 0.560. The molecule has 0 unspecified atom stereocenters. The summed E-state index contributed by atoms with van der Waals surface area (Å²) in [7, 11) is 0. The van der Waals surface area contributed by atoms with E-state index in [0.717, 1.165) is 17.0 Å². The molecule has 0 bridgehead atoms. The van der Waals surface area contributed by atoms with E-state index >= 15 is 0 Å². The third-order valence-corrected chi connectivity index (χ3v) is 1.78. The monoisotopic (exact) mass is 164 g/mol. The zero-order valence-electron chi connectivity index (χ0n) is 6.39. The van der Waals surface area contributed by atoms with Crippen LogP contribution < -0.4 is 0 Å². The first-order chi connectivity index (χ1) is 5.34. The van der Waals surface area contributed by atoms with E-state index in [2.05, 4.69) is 11.8 Å². The number of rotatable bonds is 1. The highest BCUT2D eigenvalue weighted by molar-refractivity contribution is 6.31. The summed E-state index contributed by atoms with van der Waals surface area (Å²) in [5.41, 5.74) is 1.10. The summed E-state index contributed by atoms with van der Waals surface area (Å²) in [5, 5.41) is 0.801. The first kappa shape index (κ1) is 8.17. The zero-order chi connectivity index (χ0) is 8.10. The summed E-state index contributed by atoms with van der Waals surface area (Å²) >= 11 is 5.89. The fraction of sp³-hybridized carbons (Fsp3) is 0.200. The summed E-state index contributed by atoms with van der Waals surface area (Å²) in [6.07, 6.45) is 0.746. The smallest absolute Gasteiger partial charge is 0.0447 e. The van der Waals surface area contributed by atoms with Crippen molar-refractivity contribution in [3.63, 3.8) is 0 Å². The second-order valence-corrected chi connectivity index (χ2v) is 2.60. The molecule has 0 heterocycles. The predicted molar refractivity (Wildman–Crippen MR) is 48.6 cm³/mol. The molecule has 1 aromatic carbocycles. The molecule has 0 fully saturated rings. The van der Waals surface area contributed by atoms with Crippen molar-refractivity contribution in [3.05, 3.63) is 34.9 Å². The van der Waals surface area contributed by atoms with Gasteiger partial charge in [0.25, 0.3) is 0 Å². The Balaban J connectivity index is 2.83. The molecule has 1 heteroatoms. The molecular formula is C10H9Cl. The SMILES string of the molecule is CC#CCc1ccccc1Cl. The summed E-state index contributed by atoms with van der Waals surface area (Å²) < 4.78 is 0. The van der Waals surface area contributed by atoms with Crippen LogP contribution in [0.2, 0.25) is 5.02 Å². The van der Waals surface area contributed by atoms with Crippen LogP contribution >= 0.6 is 11.6 Å². The highest BCUT2D eigenvalue weighted by atomic mass is 35.5. The van der Waals surface area contributed by atoms with Gasteiger partial charge in [-0.25, -0.2) is 0 Å². The lowest BCUT2D eigenvalue weighted by Crippen LogP contribution is -1.81. The molecule has 0 saturated heterocycles. The molecule has 0 aliphatic carbocycles. The van der Waals surface area contributed by atoms with Gasteiger partial charge in [0.2, 0.25) is 0 Å². The Morgan fingerprint density at radius 3 is 2.73 bits per heavy atom. The lowest BCUT2D eigenvalue weighted by atomic mass is 10.1. The van der Waals surface area contributed by atoms with Crippen molar-refractivity contribution in [2.45, 2.75) is 13.3 Å². The van der Waals surface area contributed by atoms with E-state index in [-0.39, 0.29) is 0 Å². The van der Waals surface area contributed by atoms with Crippen molar-refractivity contribution in [1.29, 1.82) is 0 Å². The van der Waals surface area contributed by atoms with Gasteiger partial charge in [-0.15, -0.1) is 5.92 Å². The molecule has 0 saturated carbocycles. The average Bonchev–Trinajstić information content (AvgIpc) is 2.03. The standard InChI is InChI=1S/C10H9Cl/c1-2-3-6-9-7-4-5-8-10(9)11/h4-5,7-8H,6H2,1H3. The topological polar surface area (TPSA) is 0 Å². The van der Waals surface area contributed by atoms with E-state index in [1.165, 1.54) is 0 Å². The van der Waals surface area contributed by atoms with Gasteiger partial charge in [0.1, 0.15) is 0 Å². The maximum Gasteiger partial charge on any atom is 0.0447 e. The first-order valence-corrected chi connectivity index (χ1v) is 3.85. The molecule has 0 aromatic heterocycles. The maximum atomic E-state index is 5.89. The molecule has 0 aliphatic heterocycles. The van der Waals surface area contributed by atoms with E-state index in [4.69, 9.17) is 11.6 Å². The van der Waals surface area contributed by atoms with Crippen molar-refractivity contribution in [1.82, 2.24) is 0 Å². The molecule has 1 rings (SSSR count). The number of halogens is 1. The van der Waals surface area contributed by atoms with Crippen molar-refractivity contribution in [2.75, 3.05) is 0 Å². The van der Waals surface area contributed by atoms with Crippen LogP contribution in [-0.2, 0) is 6.42 Å². The van der Waals surface area contributed by atoms with Crippen molar-refractivity contribution < 1.29 is 0 Å². The van der Waals surface area contributed by atoms with Gasteiger partial charge in [-0.05, 0) is 18.6 Å². The molecule has 0 amide bonds. The number of hydrogen-bond donors (Lipinski definition) is 0. The van der Waals surface area contributed by atoms with Gasteiger partial charge in [-0.3, -0.25) is 0 Å². The Kier molecular flexibility index (Phi) is 3.01. The van der Waals surface area contributed by atoms with Crippen LogP contribution in [0.1, 0.15) is 12.5 Å². The third kappa shape index (κ3) is 2.29. The van der Waals surface area contributed by atoms with Crippen molar-refractivity contribution in [2.24, 2.45) is 0 Å². The van der Waals surface area contributed by atoms with Gasteiger partial charge in [0.15, 0.2) is 0 Å². The largest absolute Gasteiger partial charge is 0.106 e. The molecule has 0 aliphatic rings. The summed E-state index contributed by atoms with van der Waals surface area (Å²) in [6, 6.07) is 7.77. The third-order valence-electron chi connectivity index (χ3n) is 1.41. The molecule has 0 nitrogen and oxygen atoms in total. The van der Waals surface area contributed by atoms with Crippen LogP contribution in [0.3, 0.4) is 0 Å². The Morgan fingerprint density at radius 1 is 1.36 bits per heavy atom. The van der Waals surface area contributed by atoms with E-state index in [9.17, 15) is 0 Å². The van der Waals surface area contributed by atoms with E-state index in [1.54, 1.807) is 0 Å². The number of benzene rings is 1. The fourth-order valence-corrected chi connectivity index (χ4v) is 1.03. The molecule has 56 valence electrons. The minimum Gasteiger partial charge on any atom is -0.106 e. The van der Waals surface area contributed by atoms with Gasteiger partial charge in [-0.1, -0.05) is 35.7 Å². The van der Waals surface area contributed by atoms with E-state index in [0.29, 0.717) is 0 Å². The Labute approximate surface area is 72.2 Å². The second-order valence-electron chi connectivity index (χ2n) is 2.19. The summed E-state index contributed by atoms with van der Waals surface area (Å²) in [4.78, 5) is 0. The molecular weight excluding hydrogens is 156 g/mol. The van der Waals surface area contributed by atoms with Gasteiger partial charge in [-0.2, -0.15) is 0 Å². The van der Waals surface area contributed by atoms with Crippen LogP contribution in [0, 0.1) is 11.8 Å². The van der Waals surface area contributed by atoms with E-state index in [1.807, 2.05) is 31.2 Å². The van der Waals surface area contributed by atoms with Crippen LogP contribution in [0.15, 0.2) is 24.3 Å². The van der Waals surface area contributed by atoms with Crippen molar-refractivity contribution >= 4 is 11.6 Å². The summed E-state index contributed by atoms with van der Waals surface area (Å²) in [6.45, 7) is 1.83.